The summed E-state index contributed by atoms with van der Waals surface area (Å²) in [6.07, 6.45) is 0.337. The van der Waals surface area contributed by atoms with E-state index in [2.05, 4.69) is 4.40 Å². The van der Waals surface area contributed by atoms with Gasteiger partial charge in [-0.1, -0.05) is 41.9 Å². The molecular formula is C12H10ClN3O2S2. The molecule has 104 valence electrons. The second-order valence-corrected chi connectivity index (χ2v) is 7.72. The second kappa shape index (κ2) is 4.85. The molecule has 5 nitrogen and oxygen atoms in total. The van der Waals surface area contributed by atoms with E-state index in [0.29, 0.717) is 16.4 Å². The van der Waals surface area contributed by atoms with Crippen LogP contribution >= 0.6 is 22.9 Å². The summed E-state index contributed by atoms with van der Waals surface area (Å²) in [5.41, 5.74) is 1.31. The maximum Gasteiger partial charge on any atom is 0.295 e. The fourth-order valence-corrected chi connectivity index (χ4v) is 4.77. The Kier molecular flexibility index (Phi) is 3.29. The molecule has 1 aromatic heterocycles. The highest BCUT2D eigenvalue weighted by atomic mass is 35.5. The SMILES string of the molecule is NN1C(Cc2ccccc2)=NS(=O)(=O)c2sc(Cl)cc21. The predicted molar refractivity (Wildman–Crippen MR) is 80.8 cm³/mol. The van der Waals surface area contributed by atoms with Gasteiger partial charge in [-0.3, -0.25) is 5.01 Å². The molecule has 2 N–H and O–H groups in total. The first-order valence-electron chi connectivity index (χ1n) is 5.69. The quantitative estimate of drug-likeness (QED) is 0.859. The first-order valence-corrected chi connectivity index (χ1v) is 8.33. The number of benzene rings is 1. The number of nitrogens with zero attached hydrogens (tertiary/aromatic N) is 2. The predicted octanol–water partition coefficient (Wildman–Crippen LogP) is 2.43. The lowest BCUT2D eigenvalue weighted by molar-refractivity contribution is 0.598. The Labute approximate surface area is 125 Å². The molecule has 0 aliphatic carbocycles. The van der Waals surface area contributed by atoms with E-state index in [1.54, 1.807) is 6.07 Å². The van der Waals surface area contributed by atoms with E-state index in [1.165, 1.54) is 5.01 Å². The van der Waals surface area contributed by atoms with Gasteiger partial charge >= 0.3 is 0 Å². The van der Waals surface area contributed by atoms with Crippen LogP contribution in [0, 0.1) is 0 Å². The van der Waals surface area contributed by atoms with Crippen molar-refractivity contribution in [3.05, 3.63) is 46.3 Å². The van der Waals surface area contributed by atoms with E-state index in [9.17, 15) is 8.42 Å². The number of hydrogen-bond donors (Lipinski definition) is 1. The van der Waals surface area contributed by atoms with Gasteiger partial charge in [-0.15, -0.1) is 15.7 Å². The van der Waals surface area contributed by atoms with E-state index in [0.717, 1.165) is 16.9 Å². The number of anilines is 1. The third-order valence-corrected chi connectivity index (χ3v) is 5.91. The first kappa shape index (κ1) is 13.6. The standard InChI is InChI=1S/C12H10ClN3O2S2/c13-10-7-9-12(19-10)20(17,18)15-11(16(9)14)6-8-4-2-1-3-5-8/h1-5,7H,6,14H2. The fourth-order valence-electron chi connectivity index (χ4n) is 1.95. The highest BCUT2D eigenvalue weighted by Gasteiger charge is 2.32. The highest BCUT2D eigenvalue weighted by molar-refractivity contribution is 7.92. The van der Waals surface area contributed by atoms with Crippen molar-refractivity contribution < 1.29 is 8.42 Å². The van der Waals surface area contributed by atoms with Gasteiger partial charge < -0.3 is 0 Å². The smallest absolute Gasteiger partial charge is 0.263 e. The van der Waals surface area contributed by atoms with Gasteiger partial charge in [0.25, 0.3) is 10.0 Å². The highest BCUT2D eigenvalue weighted by Crippen LogP contribution is 2.40. The van der Waals surface area contributed by atoms with Crippen molar-refractivity contribution in [1.29, 1.82) is 0 Å². The third kappa shape index (κ3) is 2.33. The lowest BCUT2D eigenvalue weighted by Crippen LogP contribution is -2.41. The summed E-state index contributed by atoms with van der Waals surface area (Å²) >= 11 is 6.83. The summed E-state index contributed by atoms with van der Waals surface area (Å²) in [6.45, 7) is 0. The summed E-state index contributed by atoms with van der Waals surface area (Å²) in [7, 11) is -3.72. The molecule has 1 aliphatic rings. The van der Waals surface area contributed by atoms with Crippen molar-refractivity contribution in [2.75, 3.05) is 5.01 Å². The van der Waals surface area contributed by atoms with Crippen LogP contribution < -0.4 is 10.9 Å². The molecule has 0 fully saturated rings. The Morgan fingerprint density at radius 1 is 1.30 bits per heavy atom. The molecule has 20 heavy (non-hydrogen) atoms. The summed E-state index contributed by atoms with van der Waals surface area (Å²) in [4.78, 5) is 0. The number of amidine groups is 1. The molecular weight excluding hydrogens is 318 g/mol. The Bertz CT molecular complexity index is 784. The van der Waals surface area contributed by atoms with Crippen LogP contribution in [0.1, 0.15) is 5.56 Å². The molecule has 3 rings (SSSR count). The molecule has 2 heterocycles. The van der Waals surface area contributed by atoms with E-state index >= 15 is 0 Å². The molecule has 0 saturated heterocycles. The number of thiophene rings is 1. The summed E-state index contributed by atoms with van der Waals surface area (Å²) in [6, 6.07) is 11.0. The van der Waals surface area contributed by atoms with Gasteiger partial charge in [0.2, 0.25) is 0 Å². The maximum atomic E-state index is 12.1. The van der Waals surface area contributed by atoms with Crippen molar-refractivity contribution in [1.82, 2.24) is 0 Å². The van der Waals surface area contributed by atoms with Crippen LogP contribution in [0.15, 0.2) is 45.0 Å². The normalized spacial score (nSPS) is 16.7. The topological polar surface area (TPSA) is 75.8 Å². The molecule has 1 aromatic carbocycles. The average Bonchev–Trinajstić information content (AvgIpc) is 2.80. The molecule has 0 bridgehead atoms. The second-order valence-electron chi connectivity index (χ2n) is 4.24. The van der Waals surface area contributed by atoms with Crippen molar-refractivity contribution in [2.24, 2.45) is 10.2 Å². The third-order valence-electron chi connectivity index (χ3n) is 2.85. The van der Waals surface area contributed by atoms with Gasteiger partial charge in [0, 0.05) is 6.42 Å². The molecule has 0 unspecified atom stereocenters. The van der Waals surface area contributed by atoms with Crippen molar-refractivity contribution in [3.63, 3.8) is 0 Å². The zero-order chi connectivity index (χ0) is 14.3. The molecule has 1 aliphatic heterocycles. The van der Waals surface area contributed by atoms with Crippen molar-refractivity contribution >= 4 is 44.5 Å². The van der Waals surface area contributed by atoms with Crippen molar-refractivity contribution in [3.8, 4) is 0 Å². The average molecular weight is 328 g/mol. The molecule has 0 radical (unpaired) electrons. The van der Waals surface area contributed by atoms with Crippen LogP contribution in [0.2, 0.25) is 4.34 Å². The maximum absolute atomic E-state index is 12.1. The van der Waals surface area contributed by atoms with E-state index in [4.69, 9.17) is 17.4 Å². The lowest BCUT2D eigenvalue weighted by Gasteiger charge is -2.24. The Balaban J connectivity index is 2.03. The molecule has 0 spiro atoms. The van der Waals surface area contributed by atoms with Gasteiger partial charge in [-0.05, 0) is 11.6 Å². The number of halogens is 1. The minimum absolute atomic E-state index is 0.0850. The van der Waals surface area contributed by atoms with Gasteiger partial charge in [0.05, 0.1) is 10.0 Å². The molecule has 2 aromatic rings. The van der Waals surface area contributed by atoms with Crippen LogP contribution in [0.3, 0.4) is 0 Å². The number of fused-ring (bicyclic) bond motifs is 1. The van der Waals surface area contributed by atoms with Crippen molar-refractivity contribution in [2.45, 2.75) is 10.6 Å². The van der Waals surface area contributed by atoms with E-state index in [-0.39, 0.29) is 10.0 Å². The number of hydrogen-bond acceptors (Lipinski definition) is 5. The summed E-state index contributed by atoms with van der Waals surface area (Å²) in [5, 5.41) is 1.28. The minimum atomic E-state index is -3.72. The number of hydrazine groups is 1. The summed E-state index contributed by atoms with van der Waals surface area (Å²) in [5.74, 6) is 6.24. The van der Waals surface area contributed by atoms with E-state index < -0.39 is 10.0 Å². The van der Waals surface area contributed by atoms with Gasteiger partial charge in [0.15, 0.2) is 4.21 Å². The van der Waals surface area contributed by atoms with Gasteiger partial charge in [-0.25, -0.2) is 5.84 Å². The van der Waals surface area contributed by atoms with Crippen LogP contribution in [0.5, 0.6) is 0 Å². The van der Waals surface area contributed by atoms with Gasteiger partial charge in [0.1, 0.15) is 5.84 Å². The molecule has 8 heteroatoms. The van der Waals surface area contributed by atoms with E-state index in [1.807, 2.05) is 30.3 Å². The Hall–Kier alpha value is -1.41. The number of nitrogens with two attached hydrogens (primary N) is 1. The van der Waals surface area contributed by atoms with Crippen LogP contribution in [-0.4, -0.2) is 14.3 Å². The minimum Gasteiger partial charge on any atom is -0.263 e. The zero-order valence-corrected chi connectivity index (χ0v) is 12.5. The molecule has 0 saturated carbocycles. The lowest BCUT2D eigenvalue weighted by atomic mass is 10.1. The number of sulfonamides is 1. The number of rotatable bonds is 2. The van der Waals surface area contributed by atoms with Gasteiger partial charge in [-0.2, -0.15) is 8.42 Å². The molecule has 0 atom stereocenters. The van der Waals surface area contributed by atoms with Crippen LogP contribution in [0.4, 0.5) is 5.69 Å². The van der Waals surface area contributed by atoms with Crippen LogP contribution in [-0.2, 0) is 16.4 Å². The Morgan fingerprint density at radius 3 is 2.70 bits per heavy atom. The first-order chi connectivity index (χ1) is 9.47. The molecule has 0 amide bonds. The monoisotopic (exact) mass is 327 g/mol. The zero-order valence-electron chi connectivity index (χ0n) is 10.2. The fraction of sp³-hybridized carbons (Fsp3) is 0.0833. The summed E-state index contributed by atoms with van der Waals surface area (Å²) < 4.78 is 28.5. The largest absolute Gasteiger partial charge is 0.295 e. The van der Waals surface area contributed by atoms with Crippen LogP contribution in [0.25, 0.3) is 0 Å². The Morgan fingerprint density at radius 2 is 2.00 bits per heavy atom.